The summed E-state index contributed by atoms with van der Waals surface area (Å²) in [6.07, 6.45) is 7.65. The van der Waals surface area contributed by atoms with E-state index in [4.69, 9.17) is 4.74 Å². The van der Waals surface area contributed by atoms with Gasteiger partial charge in [0.2, 0.25) is 0 Å². The normalized spacial score (nSPS) is 31.4. The molecule has 0 N–H and O–H groups in total. The van der Waals surface area contributed by atoms with Gasteiger partial charge in [0, 0.05) is 5.25 Å². The van der Waals surface area contributed by atoms with E-state index in [-0.39, 0.29) is 0 Å². The van der Waals surface area contributed by atoms with Crippen molar-refractivity contribution in [3.05, 3.63) is 0 Å². The first-order valence-corrected chi connectivity index (χ1v) is 5.76. The van der Waals surface area contributed by atoms with Gasteiger partial charge < -0.3 is 4.74 Å². The van der Waals surface area contributed by atoms with Crippen molar-refractivity contribution in [3.63, 3.8) is 0 Å². The lowest BCUT2D eigenvalue weighted by Gasteiger charge is -2.28. The molecular weight excluding hydrogens is 176 g/mol. The summed E-state index contributed by atoms with van der Waals surface area (Å²) in [6, 6.07) is 0. The highest BCUT2D eigenvalue weighted by atomic mass is 32.2. The Bertz CT molecular complexity index is 127. The molecule has 1 rings (SSSR count). The molecule has 0 aliphatic heterocycles. The van der Waals surface area contributed by atoms with Gasteiger partial charge in [0.25, 0.3) is 0 Å². The third kappa shape index (κ3) is 2.64. The van der Waals surface area contributed by atoms with Gasteiger partial charge in [-0.25, -0.2) is 0 Å². The molecule has 0 saturated heterocycles. The Hall–Kier alpha value is 0.240. The maximum atomic E-state index is 5.36. The van der Waals surface area contributed by atoms with Crippen LogP contribution in [0.5, 0.6) is 0 Å². The van der Waals surface area contributed by atoms with Crippen LogP contribution in [-0.4, -0.2) is 23.2 Å². The summed E-state index contributed by atoms with van der Waals surface area (Å²) in [4.78, 5) is 0. The Labute approximate surface area is 77.9 Å². The van der Waals surface area contributed by atoms with Crippen molar-refractivity contribution < 1.29 is 4.74 Å². The Morgan fingerprint density at radius 3 is 2.82 bits per heavy atom. The molecule has 1 fully saturated rings. The zero-order valence-corrected chi connectivity index (χ0v) is 8.42. The van der Waals surface area contributed by atoms with Gasteiger partial charge in [-0.05, 0) is 37.7 Å². The van der Waals surface area contributed by atoms with Crippen molar-refractivity contribution in [2.45, 2.75) is 37.0 Å². The molecule has 0 aromatic rings. The molecule has 0 bridgehead atoms. The van der Waals surface area contributed by atoms with Crippen molar-refractivity contribution in [2.24, 2.45) is 0 Å². The molecule has 1 aliphatic rings. The van der Waals surface area contributed by atoms with Gasteiger partial charge in [0.05, 0.1) is 0 Å². The van der Waals surface area contributed by atoms with Crippen LogP contribution >= 0.6 is 24.0 Å². The molecule has 2 unspecified atom stereocenters. The zero-order chi connectivity index (χ0) is 8.10. The SMILES string of the molecule is CSC1CCCCC1OC=S. The monoisotopic (exact) mass is 190 g/mol. The molecule has 0 radical (unpaired) electrons. The van der Waals surface area contributed by atoms with E-state index in [2.05, 4.69) is 18.5 Å². The van der Waals surface area contributed by atoms with Gasteiger partial charge in [-0.3, -0.25) is 0 Å². The fourth-order valence-electron chi connectivity index (χ4n) is 1.56. The molecule has 11 heavy (non-hydrogen) atoms. The highest BCUT2D eigenvalue weighted by Crippen LogP contribution is 2.28. The lowest BCUT2D eigenvalue weighted by Crippen LogP contribution is -2.29. The molecule has 0 amide bonds. The van der Waals surface area contributed by atoms with E-state index >= 15 is 0 Å². The molecule has 1 nitrogen and oxygen atoms in total. The highest BCUT2D eigenvalue weighted by molar-refractivity contribution is 7.99. The first-order chi connectivity index (χ1) is 5.38. The van der Waals surface area contributed by atoms with E-state index in [1.807, 2.05) is 11.8 Å². The van der Waals surface area contributed by atoms with Crippen LogP contribution in [0.25, 0.3) is 0 Å². The molecule has 0 aromatic carbocycles. The average molecular weight is 190 g/mol. The quantitative estimate of drug-likeness (QED) is 0.633. The second-order valence-corrected chi connectivity index (χ2v) is 4.10. The van der Waals surface area contributed by atoms with E-state index in [9.17, 15) is 0 Å². The van der Waals surface area contributed by atoms with Crippen molar-refractivity contribution in [1.82, 2.24) is 0 Å². The topological polar surface area (TPSA) is 9.23 Å². The van der Waals surface area contributed by atoms with Gasteiger partial charge >= 0.3 is 0 Å². The van der Waals surface area contributed by atoms with Gasteiger partial charge in [-0.1, -0.05) is 6.42 Å². The van der Waals surface area contributed by atoms with E-state index in [0.717, 1.165) is 0 Å². The first-order valence-electron chi connectivity index (χ1n) is 4.00. The van der Waals surface area contributed by atoms with Crippen LogP contribution in [0.4, 0.5) is 0 Å². The first kappa shape index (κ1) is 9.33. The predicted molar refractivity (Wildman–Crippen MR) is 54.3 cm³/mol. The average Bonchev–Trinajstić information content (AvgIpc) is 2.06. The molecule has 0 aromatic heterocycles. The molecule has 1 saturated carbocycles. The van der Waals surface area contributed by atoms with E-state index < -0.39 is 0 Å². The molecule has 2 atom stereocenters. The minimum atomic E-state index is 0.385. The van der Waals surface area contributed by atoms with Crippen molar-refractivity contribution >= 4 is 29.5 Å². The van der Waals surface area contributed by atoms with Crippen LogP contribution in [0, 0.1) is 0 Å². The Kier molecular flexibility index (Phi) is 4.23. The van der Waals surface area contributed by atoms with Crippen molar-refractivity contribution in [1.29, 1.82) is 0 Å². The van der Waals surface area contributed by atoms with Crippen LogP contribution in [0.3, 0.4) is 0 Å². The van der Waals surface area contributed by atoms with Crippen molar-refractivity contribution in [2.75, 3.05) is 6.26 Å². The molecular formula is C8H14OS2. The van der Waals surface area contributed by atoms with E-state index in [1.165, 1.54) is 31.2 Å². The standard InChI is InChI=1S/C8H14OS2/c1-11-8-5-3-2-4-7(8)9-6-10/h6-8H,2-5H2,1H3. The van der Waals surface area contributed by atoms with Crippen LogP contribution in [0.15, 0.2) is 0 Å². The Morgan fingerprint density at radius 2 is 2.18 bits per heavy atom. The van der Waals surface area contributed by atoms with Gasteiger partial charge in [0.1, 0.15) is 11.7 Å². The predicted octanol–water partition coefficient (Wildman–Crippen LogP) is 2.63. The van der Waals surface area contributed by atoms with Crippen LogP contribution in [0.2, 0.25) is 0 Å². The van der Waals surface area contributed by atoms with E-state index in [0.29, 0.717) is 11.4 Å². The maximum absolute atomic E-state index is 5.36. The maximum Gasteiger partial charge on any atom is 0.146 e. The molecule has 64 valence electrons. The summed E-state index contributed by atoms with van der Waals surface area (Å²) in [6.45, 7) is 0. The van der Waals surface area contributed by atoms with Crippen LogP contribution < -0.4 is 0 Å². The fraction of sp³-hybridized carbons (Fsp3) is 0.875. The second kappa shape index (κ2) is 4.99. The summed E-state index contributed by atoms with van der Waals surface area (Å²) >= 11 is 6.58. The summed E-state index contributed by atoms with van der Waals surface area (Å²) in [7, 11) is 0. The fourth-order valence-corrected chi connectivity index (χ4v) is 2.61. The van der Waals surface area contributed by atoms with Crippen LogP contribution in [0.1, 0.15) is 25.7 Å². The van der Waals surface area contributed by atoms with Crippen LogP contribution in [-0.2, 0) is 4.74 Å². The molecule has 1 aliphatic carbocycles. The lowest BCUT2D eigenvalue weighted by molar-refractivity contribution is 0.163. The molecule has 3 heteroatoms. The van der Waals surface area contributed by atoms with E-state index in [1.54, 1.807) is 0 Å². The molecule has 0 heterocycles. The zero-order valence-electron chi connectivity index (χ0n) is 6.79. The summed E-state index contributed by atoms with van der Waals surface area (Å²) in [5.74, 6) is 0. The summed E-state index contributed by atoms with van der Waals surface area (Å²) in [5.41, 5.74) is 1.42. The number of ether oxygens (including phenoxy) is 1. The number of hydrogen-bond donors (Lipinski definition) is 0. The summed E-state index contributed by atoms with van der Waals surface area (Å²) in [5, 5.41) is 0.669. The second-order valence-electron chi connectivity index (χ2n) is 2.83. The Balaban J connectivity index is 2.37. The third-order valence-corrected chi connectivity index (χ3v) is 3.43. The number of hydrogen-bond acceptors (Lipinski definition) is 3. The number of rotatable bonds is 3. The highest BCUT2D eigenvalue weighted by Gasteiger charge is 2.24. The smallest absolute Gasteiger partial charge is 0.146 e. The minimum absolute atomic E-state index is 0.385. The minimum Gasteiger partial charge on any atom is -0.486 e. The van der Waals surface area contributed by atoms with Crippen molar-refractivity contribution in [3.8, 4) is 0 Å². The largest absolute Gasteiger partial charge is 0.486 e. The number of thioether (sulfide) groups is 1. The third-order valence-electron chi connectivity index (χ3n) is 2.18. The number of thiocarbonyl (C=S) groups is 1. The molecule has 0 spiro atoms. The summed E-state index contributed by atoms with van der Waals surface area (Å²) < 4.78 is 5.36. The van der Waals surface area contributed by atoms with Gasteiger partial charge in [0.15, 0.2) is 0 Å². The lowest BCUT2D eigenvalue weighted by atomic mass is 9.97. The Morgan fingerprint density at radius 1 is 1.45 bits per heavy atom. The van der Waals surface area contributed by atoms with Gasteiger partial charge in [-0.15, -0.1) is 0 Å². The van der Waals surface area contributed by atoms with Gasteiger partial charge in [-0.2, -0.15) is 11.8 Å².